The molecule has 0 saturated carbocycles. The van der Waals surface area contributed by atoms with Crippen molar-refractivity contribution < 1.29 is 5.11 Å². The van der Waals surface area contributed by atoms with Gasteiger partial charge in [0.25, 0.3) is 0 Å². The lowest BCUT2D eigenvalue weighted by Crippen LogP contribution is -2.35. The molecule has 0 aliphatic carbocycles. The fourth-order valence-corrected chi connectivity index (χ4v) is 1.86. The van der Waals surface area contributed by atoms with Crippen molar-refractivity contribution in [1.82, 2.24) is 9.97 Å². The van der Waals surface area contributed by atoms with Crippen LogP contribution in [0.4, 0.5) is 11.8 Å². The molecule has 1 aromatic rings. The second-order valence-electron chi connectivity index (χ2n) is 5.21. The van der Waals surface area contributed by atoms with Crippen LogP contribution in [0.2, 0.25) is 0 Å². The molecule has 0 saturated heterocycles. The van der Waals surface area contributed by atoms with Gasteiger partial charge in [-0.3, -0.25) is 0 Å². The quantitative estimate of drug-likeness (QED) is 0.725. The summed E-state index contributed by atoms with van der Waals surface area (Å²) >= 11 is 0. The summed E-state index contributed by atoms with van der Waals surface area (Å²) in [6.45, 7) is 8.34. The molecule has 5 nitrogen and oxygen atoms in total. The number of nitrogen functional groups attached to an aromatic ring is 1. The number of nitrogens with zero attached hydrogens (tertiary/aromatic N) is 2. The minimum Gasteiger partial charge on any atom is -0.388 e. The molecule has 4 N–H and O–H groups in total. The van der Waals surface area contributed by atoms with Gasteiger partial charge in [0.05, 0.1) is 5.60 Å². The minimum absolute atomic E-state index is 0.238. The number of nitrogens with two attached hydrogens (primary N) is 1. The lowest BCUT2D eigenvalue weighted by molar-refractivity contribution is 0.0514. The molecule has 1 heterocycles. The van der Waals surface area contributed by atoms with E-state index in [-0.39, 0.29) is 5.95 Å². The molecule has 0 amide bonds. The van der Waals surface area contributed by atoms with Crippen LogP contribution in [-0.4, -0.2) is 27.2 Å². The summed E-state index contributed by atoms with van der Waals surface area (Å²) in [6, 6.07) is 0. The Morgan fingerprint density at radius 3 is 2.76 bits per heavy atom. The molecule has 0 aliphatic heterocycles. The number of aromatic nitrogens is 2. The first kappa shape index (κ1) is 13.7. The molecule has 0 spiro atoms. The Morgan fingerprint density at radius 2 is 2.18 bits per heavy atom. The number of hydrogen-bond acceptors (Lipinski definition) is 5. The molecule has 1 aromatic heterocycles. The number of anilines is 2. The Bertz CT molecular complexity index is 377. The topological polar surface area (TPSA) is 84.1 Å². The van der Waals surface area contributed by atoms with Gasteiger partial charge in [0, 0.05) is 18.3 Å². The van der Waals surface area contributed by atoms with Crippen molar-refractivity contribution in [3.63, 3.8) is 0 Å². The second-order valence-corrected chi connectivity index (χ2v) is 5.21. The van der Waals surface area contributed by atoms with Gasteiger partial charge in [-0.15, -0.1) is 0 Å². The second kappa shape index (κ2) is 5.31. The van der Waals surface area contributed by atoms with Crippen molar-refractivity contribution in [3.05, 3.63) is 11.8 Å². The van der Waals surface area contributed by atoms with Crippen LogP contribution in [0.3, 0.4) is 0 Å². The highest BCUT2D eigenvalue weighted by Gasteiger charge is 2.21. The SMILES string of the molecule is Cc1cnc(N)nc1NCC(C)(O)CC(C)C. The highest BCUT2D eigenvalue weighted by molar-refractivity contribution is 5.45. The average Bonchev–Trinajstić information content (AvgIpc) is 2.17. The molecule has 0 fully saturated rings. The summed E-state index contributed by atoms with van der Waals surface area (Å²) < 4.78 is 0. The van der Waals surface area contributed by atoms with Crippen LogP contribution in [0, 0.1) is 12.8 Å². The van der Waals surface area contributed by atoms with Crippen LogP contribution in [0.5, 0.6) is 0 Å². The van der Waals surface area contributed by atoms with Crippen LogP contribution in [0.15, 0.2) is 6.20 Å². The number of hydrogen-bond donors (Lipinski definition) is 3. The number of aryl methyl sites for hydroxylation is 1. The monoisotopic (exact) mass is 238 g/mol. The molecule has 0 aromatic carbocycles. The van der Waals surface area contributed by atoms with Gasteiger partial charge >= 0.3 is 0 Å². The van der Waals surface area contributed by atoms with Crippen LogP contribution in [0.25, 0.3) is 0 Å². The van der Waals surface area contributed by atoms with Gasteiger partial charge in [-0.1, -0.05) is 13.8 Å². The molecule has 5 heteroatoms. The third kappa shape index (κ3) is 4.56. The lowest BCUT2D eigenvalue weighted by Gasteiger charge is -2.26. The molecule has 1 unspecified atom stereocenters. The summed E-state index contributed by atoms with van der Waals surface area (Å²) in [5.41, 5.74) is 5.69. The molecule has 0 bridgehead atoms. The number of aliphatic hydroxyl groups is 1. The van der Waals surface area contributed by atoms with Crippen molar-refractivity contribution in [2.75, 3.05) is 17.6 Å². The summed E-state index contributed by atoms with van der Waals surface area (Å²) in [6.07, 6.45) is 2.40. The highest BCUT2D eigenvalue weighted by Crippen LogP contribution is 2.18. The normalized spacial score (nSPS) is 14.7. The summed E-state index contributed by atoms with van der Waals surface area (Å²) in [5, 5.41) is 13.3. The molecule has 1 atom stereocenters. The Balaban J connectivity index is 2.63. The molecular formula is C12H22N4O. The average molecular weight is 238 g/mol. The maximum atomic E-state index is 10.2. The van der Waals surface area contributed by atoms with E-state index < -0.39 is 5.60 Å². The Kier molecular flexibility index (Phi) is 4.28. The minimum atomic E-state index is -0.750. The van der Waals surface area contributed by atoms with Gasteiger partial charge < -0.3 is 16.2 Å². The first-order valence-corrected chi connectivity index (χ1v) is 5.85. The molecule has 0 aliphatic rings. The molecule has 0 radical (unpaired) electrons. The van der Waals surface area contributed by atoms with E-state index in [1.165, 1.54) is 0 Å². The lowest BCUT2D eigenvalue weighted by atomic mass is 9.94. The maximum absolute atomic E-state index is 10.2. The Morgan fingerprint density at radius 1 is 1.53 bits per heavy atom. The van der Waals surface area contributed by atoms with Gasteiger partial charge in [-0.05, 0) is 26.2 Å². The first-order valence-electron chi connectivity index (χ1n) is 5.85. The summed E-state index contributed by atoms with van der Waals surface area (Å²) in [4.78, 5) is 8.00. The van der Waals surface area contributed by atoms with E-state index in [4.69, 9.17) is 5.73 Å². The van der Waals surface area contributed by atoms with E-state index in [2.05, 4.69) is 29.1 Å². The Hall–Kier alpha value is -1.36. The first-order chi connectivity index (χ1) is 7.80. The zero-order valence-electron chi connectivity index (χ0n) is 11.0. The number of nitrogens with one attached hydrogen (secondary N) is 1. The van der Waals surface area contributed by atoms with Gasteiger partial charge in [0.2, 0.25) is 5.95 Å². The zero-order valence-corrected chi connectivity index (χ0v) is 11.0. The third-order valence-electron chi connectivity index (χ3n) is 2.48. The number of rotatable bonds is 5. The molecule has 17 heavy (non-hydrogen) atoms. The van der Waals surface area contributed by atoms with Gasteiger partial charge in [-0.2, -0.15) is 4.98 Å². The molecular weight excluding hydrogens is 216 g/mol. The fraction of sp³-hybridized carbons (Fsp3) is 0.667. The largest absolute Gasteiger partial charge is 0.388 e. The molecule has 96 valence electrons. The predicted octanol–water partition coefficient (Wildman–Crippen LogP) is 1.58. The summed E-state index contributed by atoms with van der Waals surface area (Å²) in [5.74, 6) is 1.37. The van der Waals surface area contributed by atoms with Crippen LogP contribution in [-0.2, 0) is 0 Å². The van der Waals surface area contributed by atoms with Gasteiger partial charge in [-0.25, -0.2) is 4.98 Å². The standard InChI is InChI=1S/C12H22N4O/c1-8(2)5-12(4,17)7-15-10-9(3)6-14-11(13)16-10/h6,8,17H,5,7H2,1-4H3,(H3,13,14,15,16). The third-order valence-corrected chi connectivity index (χ3v) is 2.48. The van der Waals surface area contributed by atoms with E-state index in [0.29, 0.717) is 18.3 Å². The van der Waals surface area contributed by atoms with E-state index >= 15 is 0 Å². The van der Waals surface area contributed by atoms with Crippen LogP contribution in [0.1, 0.15) is 32.8 Å². The van der Waals surface area contributed by atoms with Crippen LogP contribution >= 0.6 is 0 Å². The van der Waals surface area contributed by atoms with E-state index in [0.717, 1.165) is 12.0 Å². The van der Waals surface area contributed by atoms with E-state index in [1.54, 1.807) is 6.20 Å². The zero-order chi connectivity index (χ0) is 13.1. The van der Waals surface area contributed by atoms with Crippen molar-refractivity contribution >= 4 is 11.8 Å². The van der Waals surface area contributed by atoms with Gasteiger partial charge in [0.1, 0.15) is 5.82 Å². The van der Waals surface area contributed by atoms with E-state index in [9.17, 15) is 5.11 Å². The van der Waals surface area contributed by atoms with E-state index in [1.807, 2.05) is 13.8 Å². The molecule has 1 rings (SSSR count). The van der Waals surface area contributed by atoms with Crippen molar-refractivity contribution in [1.29, 1.82) is 0 Å². The van der Waals surface area contributed by atoms with Crippen LogP contribution < -0.4 is 11.1 Å². The van der Waals surface area contributed by atoms with Crippen molar-refractivity contribution in [2.45, 2.75) is 39.7 Å². The smallest absolute Gasteiger partial charge is 0.221 e. The van der Waals surface area contributed by atoms with Gasteiger partial charge in [0.15, 0.2) is 0 Å². The maximum Gasteiger partial charge on any atom is 0.221 e. The highest BCUT2D eigenvalue weighted by atomic mass is 16.3. The summed E-state index contributed by atoms with van der Waals surface area (Å²) in [7, 11) is 0. The fourth-order valence-electron chi connectivity index (χ4n) is 1.86. The van der Waals surface area contributed by atoms with Crippen molar-refractivity contribution in [2.24, 2.45) is 5.92 Å². The Labute approximate surface area is 102 Å². The predicted molar refractivity (Wildman–Crippen MR) is 69.7 cm³/mol. The van der Waals surface area contributed by atoms with Crippen molar-refractivity contribution in [3.8, 4) is 0 Å².